The molecule has 1 aromatic rings. The molecule has 1 fully saturated rings. The van der Waals surface area contributed by atoms with E-state index in [4.69, 9.17) is 10.5 Å². The summed E-state index contributed by atoms with van der Waals surface area (Å²) in [6.45, 7) is 5.33. The summed E-state index contributed by atoms with van der Waals surface area (Å²) in [7, 11) is 2.04. The molecule has 2 atom stereocenters. The molecule has 0 spiro atoms. The molecule has 0 radical (unpaired) electrons. The van der Waals surface area contributed by atoms with Gasteiger partial charge in [0, 0.05) is 25.9 Å². The second kappa shape index (κ2) is 5.54. The van der Waals surface area contributed by atoms with E-state index >= 15 is 0 Å². The van der Waals surface area contributed by atoms with E-state index in [1.807, 2.05) is 51.2 Å². The number of carbonyl (C=O) groups excluding carboxylic acids is 1. The highest BCUT2D eigenvalue weighted by Crippen LogP contribution is 2.42. The Labute approximate surface area is 120 Å². The first-order valence-electron chi connectivity index (χ1n) is 7.16. The summed E-state index contributed by atoms with van der Waals surface area (Å²) in [4.78, 5) is 14.1. The van der Waals surface area contributed by atoms with Crippen molar-refractivity contribution in [2.45, 2.75) is 37.8 Å². The molecule has 2 N–H and O–H groups in total. The third kappa shape index (κ3) is 2.58. The van der Waals surface area contributed by atoms with Gasteiger partial charge in [-0.05, 0) is 19.5 Å². The van der Waals surface area contributed by atoms with E-state index < -0.39 is 11.1 Å². The Balaban J connectivity index is 2.46. The molecular weight excluding hydrogens is 252 g/mol. The normalized spacial score (nSPS) is 31.0. The van der Waals surface area contributed by atoms with Gasteiger partial charge in [0.15, 0.2) is 5.60 Å². The summed E-state index contributed by atoms with van der Waals surface area (Å²) >= 11 is 0. The summed E-state index contributed by atoms with van der Waals surface area (Å²) in [5.41, 5.74) is 6.19. The predicted octanol–water partition coefficient (Wildman–Crippen LogP) is 1.89. The molecule has 4 heteroatoms. The number of carbonyl (C=O) groups is 1. The van der Waals surface area contributed by atoms with Crippen molar-refractivity contribution >= 4 is 5.97 Å². The summed E-state index contributed by atoms with van der Waals surface area (Å²) in [5, 5.41) is 0. The highest BCUT2D eigenvalue weighted by molar-refractivity contribution is 5.70. The van der Waals surface area contributed by atoms with Crippen molar-refractivity contribution in [2.24, 2.45) is 5.73 Å². The third-order valence-corrected chi connectivity index (χ3v) is 4.18. The van der Waals surface area contributed by atoms with Crippen molar-refractivity contribution < 1.29 is 9.53 Å². The standard InChI is InChI=1S/C16H24N2O2/c1-4-14(19)20-16(13-8-6-5-7-9-13)10-11-18(3)12-15(16,2)17/h5-9H,4,10-12,17H2,1-3H3/t15-,16?/m1/s1. The lowest BCUT2D eigenvalue weighted by Crippen LogP contribution is -2.67. The molecule has 110 valence electrons. The van der Waals surface area contributed by atoms with Gasteiger partial charge in [-0.3, -0.25) is 4.79 Å². The van der Waals surface area contributed by atoms with Crippen LogP contribution in [0.3, 0.4) is 0 Å². The Morgan fingerprint density at radius 1 is 1.40 bits per heavy atom. The average molecular weight is 276 g/mol. The lowest BCUT2D eigenvalue weighted by molar-refractivity contribution is -0.177. The van der Waals surface area contributed by atoms with Crippen molar-refractivity contribution in [3.05, 3.63) is 35.9 Å². The zero-order chi connectivity index (χ0) is 14.8. The van der Waals surface area contributed by atoms with Crippen LogP contribution in [0.4, 0.5) is 0 Å². The van der Waals surface area contributed by atoms with Gasteiger partial charge in [-0.1, -0.05) is 37.3 Å². The van der Waals surface area contributed by atoms with Crippen molar-refractivity contribution in [1.82, 2.24) is 4.90 Å². The largest absolute Gasteiger partial charge is 0.452 e. The highest BCUT2D eigenvalue weighted by atomic mass is 16.6. The van der Waals surface area contributed by atoms with Gasteiger partial charge in [-0.15, -0.1) is 0 Å². The van der Waals surface area contributed by atoms with E-state index in [0.29, 0.717) is 19.4 Å². The zero-order valence-corrected chi connectivity index (χ0v) is 12.6. The molecule has 1 aliphatic rings. The number of piperidine rings is 1. The van der Waals surface area contributed by atoms with Crippen LogP contribution in [0.2, 0.25) is 0 Å². The van der Waals surface area contributed by atoms with Crippen molar-refractivity contribution in [1.29, 1.82) is 0 Å². The van der Waals surface area contributed by atoms with Crippen LogP contribution in [0.1, 0.15) is 32.3 Å². The zero-order valence-electron chi connectivity index (χ0n) is 12.6. The number of hydrogen-bond acceptors (Lipinski definition) is 4. The molecule has 0 aromatic heterocycles. The fraction of sp³-hybridized carbons (Fsp3) is 0.562. The van der Waals surface area contributed by atoms with Gasteiger partial charge in [-0.25, -0.2) is 0 Å². The topological polar surface area (TPSA) is 55.6 Å². The second-order valence-corrected chi connectivity index (χ2v) is 5.93. The van der Waals surface area contributed by atoms with Crippen LogP contribution in [0.25, 0.3) is 0 Å². The van der Waals surface area contributed by atoms with Gasteiger partial charge >= 0.3 is 5.97 Å². The first kappa shape index (κ1) is 15.0. The number of hydrogen-bond donors (Lipinski definition) is 1. The minimum absolute atomic E-state index is 0.199. The second-order valence-electron chi connectivity index (χ2n) is 5.93. The van der Waals surface area contributed by atoms with Crippen molar-refractivity contribution in [3.63, 3.8) is 0 Å². The maximum absolute atomic E-state index is 11.9. The summed E-state index contributed by atoms with van der Waals surface area (Å²) in [6.07, 6.45) is 1.08. The van der Waals surface area contributed by atoms with Gasteiger partial charge in [0.2, 0.25) is 0 Å². The molecule has 2 rings (SSSR count). The van der Waals surface area contributed by atoms with Crippen LogP contribution in [0.15, 0.2) is 30.3 Å². The van der Waals surface area contributed by atoms with E-state index in [2.05, 4.69) is 4.90 Å². The first-order valence-corrected chi connectivity index (χ1v) is 7.16. The predicted molar refractivity (Wildman–Crippen MR) is 79.2 cm³/mol. The first-order chi connectivity index (χ1) is 9.41. The number of nitrogens with zero attached hydrogens (tertiary/aromatic N) is 1. The SMILES string of the molecule is CCC(=O)OC1(c2ccccc2)CCN(C)C[C@@]1(C)N. The van der Waals surface area contributed by atoms with Crippen LogP contribution in [0, 0.1) is 0 Å². The van der Waals surface area contributed by atoms with Crippen LogP contribution >= 0.6 is 0 Å². The number of nitrogens with two attached hydrogens (primary N) is 1. The molecule has 1 aromatic carbocycles. The van der Waals surface area contributed by atoms with E-state index in [-0.39, 0.29) is 5.97 Å². The quantitative estimate of drug-likeness (QED) is 0.857. The molecule has 1 heterocycles. The Morgan fingerprint density at radius 2 is 2.05 bits per heavy atom. The Hall–Kier alpha value is -1.39. The Bertz CT molecular complexity index is 473. The minimum Gasteiger partial charge on any atom is -0.452 e. The molecule has 0 amide bonds. The molecule has 4 nitrogen and oxygen atoms in total. The average Bonchev–Trinajstić information content (AvgIpc) is 2.42. The van der Waals surface area contributed by atoms with Gasteiger partial charge in [-0.2, -0.15) is 0 Å². The molecule has 0 bridgehead atoms. The van der Waals surface area contributed by atoms with E-state index in [9.17, 15) is 4.79 Å². The monoisotopic (exact) mass is 276 g/mol. The molecule has 1 saturated heterocycles. The maximum atomic E-state index is 11.9. The van der Waals surface area contributed by atoms with E-state index in [1.165, 1.54) is 0 Å². The summed E-state index contributed by atoms with van der Waals surface area (Å²) < 4.78 is 5.89. The molecule has 1 unspecified atom stereocenters. The molecule has 0 saturated carbocycles. The maximum Gasteiger partial charge on any atom is 0.306 e. The highest BCUT2D eigenvalue weighted by Gasteiger charge is 2.53. The lowest BCUT2D eigenvalue weighted by atomic mass is 9.71. The molecule has 20 heavy (non-hydrogen) atoms. The summed E-state index contributed by atoms with van der Waals surface area (Å²) in [6, 6.07) is 9.89. The number of ether oxygens (including phenoxy) is 1. The molecule has 0 aliphatic carbocycles. The fourth-order valence-corrected chi connectivity index (χ4v) is 3.08. The lowest BCUT2D eigenvalue weighted by Gasteiger charge is -2.51. The smallest absolute Gasteiger partial charge is 0.306 e. The minimum atomic E-state index is -0.742. The van der Waals surface area contributed by atoms with E-state index in [0.717, 1.165) is 12.1 Å². The van der Waals surface area contributed by atoms with Gasteiger partial charge in [0.25, 0.3) is 0 Å². The van der Waals surface area contributed by atoms with Gasteiger partial charge < -0.3 is 15.4 Å². The molecular formula is C16H24N2O2. The summed E-state index contributed by atoms with van der Waals surface area (Å²) in [5.74, 6) is -0.199. The van der Waals surface area contributed by atoms with Crippen LogP contribution < -0.4 is 5.73 Å². The third-order valence-electron chi connectivity index (χ3n) is 4.18. The van der Waals surface area contributed by atoms with Gasteiger partial charge in [0.05, 0.1) is 5.54 Å². The number of likely N-dealkylation sites (tertiary alicyclic amines) is 1. The number of likely N-dealkylation sites (N-methyl/N-ethyl adjacent to an activating group) is 1. The van der Waals surface area contributed by atoms with Crippen molar-refractivity contribution in [3.8, 4) is 0 Å². The van der Waals surface area contributed by atoms with Gasteiger partial charge in [0.1, 0.15) is 0 Å². The number of esters is 1. The Kier molecular flexibility index (Phi) is 4.16. The number of benzene rings is 1. The van der Waals surface area contributed by atoms with E-state index in [1.54, 1.807) is 0 Å². The Morgan fingerprint density at radius 3 is 2.60 bits per heavy atom. The van der Waals surface area contributed by atoms with Crippen LogP contribution in [-0.2, 0) is 15.1 Å². The van der Waals surface area contributed by atoms with Crippen molar-refractivity contribution in [2.75, 3.05) is 20.1 Å². The van der Waals surface area contributed by atoms with Crippen LogP contribution in [-0.4, -0.2) is 36.5 Å². The molecule has 1 aliphatic heterocycles. The number of rotatable bonds is 3. The fourth-order valence-electron chi connectivity index (χ4n) is 3.08. The van der Waals surface area contributed by atoms with Crippen LogP contribution in [0.5, 0.6) is 0 Å².